The summed E-state index contributed by atoms with van der Waals surface area (Å²) in [5.41, 5.74) is 2.28. The average molecular weight is 511 g/mol. The fraction of sp³-hybridized carbons (Fsp3) is 0.545. The molecule has 0 spiro atoms. The van der Waals surface area contributed by atoms with Crippen molar-refractivity contribution in [2.45, 2.75) is 51.0 Å². The topological polar surface area (TPSA) is 63.5 Å². The van der Waals surface area contributed by atoms with Gasteiger partial charge in [-0.1, -0.05) is 37.5 Å². The van der Waals surface area contributed by atoms with E-state index in [2.05, 4.69) is 39.1 Å². The number of rotatable bonds is 9. The number of benzene rings is 1. The Balaban J connectivity index is 0.00000300. The van der Waals surface area contributed by atoms with E-state index < -0.39 is 0 Å². The zero-order valence-electron chi connectivity index (χ0n) is 17.3. The molecule has 29 heavy (non-hydrogen) atoms. The van der Waals surface area contributed by atoms with Gasteiger partial charge in [-0.25, -0.2) is 4.68 Å². The molecule has 2 aromatic rings. The van der Waals surface area contributed by atoms with Crippen molar-refractivity contribution in [3.8, 4) is 5.69 Å². The summed E-state index contributed by atoms with van der Waals surface area (Å²) in [6.07, 6.45) is 12.9. The van der Waals surface area contributed by atoms with Crippen LogP contribution in [0, 0.1) is 0 Å². The fourth-order valence-corrected chi connectivity index (χ4v) is 3.52. The minimum absolute atomic E-state index is 0. The van der Waals surface area contributed by atoms with Crippen LogP contribution in [0.2, 0.25) is 0 Å². The summed E-state index contributed by atoms with van der Waals surface area (Å²) in [5, 5.41) is 11.2. The van der Waals surface area contributed by atoms with E-state index in [0.29, 0.717) is 6.10 Å². The maximum absolute atomic E-state index is 5.97. The molecule has 1 fully saturated rings. The van der Waals surface area contributed by atoms with Crippen LogP contribution in [0.4, 0.5) is 0 Å². The lowest BCUT2D eigenvalue weighted by atomic mass is 9.98. The number of hydrogen-bond acceptors (Lipinski definition) is 3. The Morgan fingerprint density at radius 2 is 1.90 bits per heavy atom. The fourth-order valence-electron chi connectivity index (χ4n) is 3.52. The van der Waals surface area contributed by atoms with Gasteiger partial charge in [0.15, 0.2) is 5.96 Å². The molecule has 1 saturated carbocycles. The number of aromatic nitrogens is 2. The minimum Gasteiger partial charge on any atom is -0.378 e. The summed E-state index contributed by atoms with van der Waals surface area (Å²) >= 11 is 0. The Morgan fingerprint density at radius 3 is 2.66 bits per heavy atom. The highest BCUT2D eigenvalue weighted by molar-refractivity contribution is 14.0. The second kappa shape index (κ2) is 13.6. The highest BCUT2D eigenvalue weighted by Gasteiger charge is 2.12. The monoisotopic (exact) mass is 511 g/mol. The van der Waals surface area contributed by atoms with Crippen LogP contribution in [0.1, 0.15) is 44.1 Å². The molecule has 160 valence electrons. The number of nitrogens with one attached hydrogen (secondary N) is 2. The summed E-state index contributed by atoms with van der Waals surface area (Å²) in [4.78, 5) is 4.29. The summed E-state index contributed by atoms with van der Waals surface area (Å²) in [6.45, 7) is 2.52. The standard InChI is InChI=1S/C22H33N5O.HI/c1-23-22(24-14-8-16-28-21-11-6-3-7-12-21)25-15-13-19-17-26-27(18-19)20-9-4-2-5-10-20;/h2,4-5,9-10,17-18,21H,3,6-8,11-16H2,1H3,(H2,23,24,25);1H. The smallest absolute Gasteiger partial charge is 0.190 e. The third-order valence-electron chi connectivity index (χ3n) is 5.11. The van der Waals surface area contributed by atoms with Crippen LogP contribution in [0.5, 0.6) is 0 Å². The molecule has 2 N–H and O–H groups in total. The summed E-state index contributed by atoms with van der Waals surface area (Å²) < 4.78 is 7.88. The summed E-state index contributed by atoms with van der Waals surface area (Å²) in [7, 11) is 1.81. The first kappa shape index (κ1) is 23.7. The molecule has 0 amide bonds. The van der Waals surface area contributed by atoms with Crippen LogP contribution in [-0.4, -0.2) is 48.6 Å². The zero-order chi connectivity index (χ0) is 19.4. The van der Waals surface area contributed by atoms with Crippen LogP contribution in [0.25, 0.3) is 5.69 Å². The van der Waals surface area contributed by atoms with Gasteiger partial charge in [0.2, 0.25) is 0 Å². The van der Waals surface area contributed by atoms with E-state index in [-0.39, 0.29) is 24.0 Å². The van der Waals surface area contributed by atoms with E-state index in [0.717, 1.165) is 44.2 Å². The molecule has 0 atom stereocenters. The van der Waals surface area contributed by atoms with E-state index in [1.54, 1.807) is 7.05 Å². The minimum atomic E-state index is 0. The Morgan fingerprint density at radius 1 is 1.14 bits per heavy atom. The SMILES string of the molecule is CN=C(NCCCOC1CCCCC1)NCCc1cnn(-c2ccccc2)c1.I. The van der Waals surface area contributed by atoms with Gasteiger partial charge in [0.25, 0.3) is 0 Å². The lowest BCUT2D eigenvalue weighted by molar-refractivity contribution is 0.0277. The van der Waals surface area contributed by atoms with Gasteiger partial charge in [-0.15, -0.1) is 24.0 Å². The molecule has 0 radical (unpaired) electrons. The number of hydrogen-bond donors (Lipinski definition) is 2. The Bertz CT molecular complexity index is 713. The quantitative estimate of drug-likeness (QED) is 0.232. The normalized spacial score (nSPS) is 15.0. The molecule has 3 rings (SSSR count). The number of ether oxygens (including phenoxy) is 1. The van der Waals surface area contributed by atoms with Gasteiger partial charge in [0, 0.05) is 32.9 Å². The first-order valence-corrected chi connectivity index (χ1v) is 10.5. The van der Waals surface area contributed by atoms with Crippen LogP contribution in [-0.2, 0) is 11.2 Å². The van der Waals surface area contributed by atoms with E-state index in [4.69, 9.17) is 4.74 Å². The lowest BCUT2D eigenvalue weighted by Crippen LogP contribution is -2.39. The van der Waals surface area contributed by atoms with Gasteiger partial charge in [0.1, 0.15) is 0 Å². The van der Waals surface area contributed by atoms with Gasteiger partial charge in [-0.3, -0.25) is 4.99 Å². The van der Waals surface area contributed by atoms with E-state index in [1.165, 1.54) is 37.7 Å². The van der Waals surface area contributed by atoms with Crippen molar-refractivity contribution in [3.05, 3.63) is 48.3 Å². The van der Waals surface area contributed by atoms with Gasteiger partial charge < -0.3 is 15.4 Å². The largest absolute Gasteiger partial charge is 0.378 e. The van der Waals surface area contributed by atoms with Gasteiger partial charge in [0.05, 0.1) is 18.0 Å². The lowest BCUT2D eigenvalue weighted by Gasteiger charge is -2.22. The molecule has 0 bridgehead atoms. The van der Waals surface area contributed by atoms with Crippen molar-refractivity contribution in [1.82, 2.24) is 20.4 Å². The number of guanidine groups is 1. The molecular formula is C22H34IN5O. The maximum Gasteiger partial charge on any atom is 0.190 e. The molecule has 1 aromatic heterocycles. The van der Waals surface area contributed by atoms with Gasteiger partial charge in [-0.2, -0.15) is 5.10 Å². The molecule has 1 aromatic carbocycles. The first-order chi connectivity index (χ1) is 13.8. The Kier molecular flexibility index (Phi) is 11.1. The number of para-hydroxylation sites is 1. The molecular weight excluding hydrogens is 477 g/mol. The number of aliphatic imine (C=N–C) groups is 1. The number of halogens is 1. The second-order valence-electron chi connectivity index (χ2n) is 7.29. The van der Waals surface area contributed by atoms with Crippen molar-refractivity contribution in [1.29, 1.82) is 0 Å². The Labute approximate surface area is 191 Å². The van der Waals surface area contributed by atoms with Crippen molar-refractivity contribution < 1.29 is 4.74 Å². The second-order valence-corrected chi connectivity index (χ2v) is 7.29. The Hall–Kier alpha value is -1.61. The van der Waals surface area contributed by atoms with Gasteiger partial charge >= 0.3 is 0 Å². The molecule has 1 aliphatic carbocycles. The van der Waals surface area contributed by atoms with E-state index in [9.17, 15) is 0 Å². The van der Waals surface area contributed by atoms with Crippen LogP contribution >= 0.6 is 24.0 Å². The predicted octanol–water partition coefficient (Wildman–Crippen LogP) is 3.94. The van der Waals surface area contributed by atoms with Crippen molar-refractivity contribution in [2.24, 2.45) is 4.99 Å². The summed E-state index contributed by atoms with van der Waals surface area (Å²) in [5.74, 6) is 0.841. The maximum atomic E-state index is 5.97. The highest BCUT2D eigenvalue weighted by atomic mass is 127. The zero-order valence-corrected chi connectivity index (χ0v) is 19.7. The van der Waals surface area contributed by atoms with Crippen molar-refractivity contribution in [2.75, 3.05) is 26.7 Å². The molecule has 0 aliphatic heterocycles. The van der Waals surface area contributed by atoms with Crippen LogP contribution in [0.15, 0.2) is 47.7 Å². The van der Waals surface area contributed by atoms with Crippen LogP contribution < -0.4 is 10.6 Å². The average Bonchev–Trinajstić information content (AvgIpc) is 3.22. The summed E-state index contributed by atoms with van der Waals surface area (Å²) in [6, 6.07) is 10.2. The first-order valence-electron chi connectivity index (χ1n) is 10.5. The van der Waals surface area contributed by atoms with E-state index >= 15 is 0 Å². The predicted molar refractivity (Wildman–Crippen MR) is 129 cm³/mol. The molecule has 1 heterocycles. The van der Waals surface area contributed by atoms with Gasteiger partial charge in [-0.05, 0) is 43.4 Å². The molecule has 0 unspecified atom stereocenters. The highest BCUT2D eigenvalue weighted by Crippen LogP contribution is 2.20. The van der Waals surface area contributed by atoms with E-state index in [1.807, 2.05) is 29.1 Å². The molecule has 0 saturated heterocycles. The molecule has 7 heteroatoms. The molecule has 1 aliphatic rings. The van der Waals surface area contributed by atoms with Crippen LogP contribution in [0.3, 0.4) is 0 Å². The third kappa shape index (κ3) is 8.34. The molecule has 6 nitrogen and oxygen atoms in total. The number of nitrogens with zero attached hydrogens (tertiary/aromatic N) is 3. The van der Waals surface area contributed by atoms with Crippen molar-refractivity contribution in [3.63, 3.8) is 0 Å². The van der Waals surface area contributed by atoms with Crippen molar-refractivity contribution >= 4 is 29.9 Å². The third-order valence-corrected chi connectivity index (χ3v) is 5.11.